The average Bonchev–Trinajstić information content (AvgIpc) is 2.80. The van der Waals surface area contributed by atoms with E-state index < -0.39 is 12.0 Å². The predicted octanol–water partition coefficient (Wildman–Crippen LogP) is 2.99. The molecule has 4 rings (SSSR count). The van der Waals surface area contributed by atoms with E-state index in [9.17, 15) is 9.59 Å². The quantitative estimate of drug-likeness (QED) is 0.684. The van der Waals surface area contributed by atoms with Gasteiger partial charge in [0.15, 0.2) is 0 Å². The van der Waals surface area contributed by atoms with Gasteiger partial charge in [0.05, 0.1) is 18.2 Å². The number of amides is 2. The molecule has 2 N–H and O–H groups in total. The summed E-state index contributed by atoms with van der Waals surface area (Å²) >= 11 is 0. The molecule has 2 aromatic rings. The van der Waals surface area contributed by atoms with Crippen molar-refractivity contribution in [3.8, 4) is 0 Å². The van der Waals surface area contributed by atoms with Crippen molar-refractivity contribution in [3.05, 3.63) is 77.0 Å². The van der Waals surface area contributed by atoms with Crippen molar-refractivity contribution in [2.45, 2.75) is 19.9 Å². The second-order valence-electron chi connectivity index (χ2n) is 8.10. The molecule has 32 heavy (non-hydrogen) atoms. The van der Waals surface area contributed by atoms with E-state index in [0.717, 1.165) is 31.7 Å². The molecule has 2 aromatic carbocycles. The smallest absolute Gasteiger partial charge is 0.338 e. The van der Waals surface area contributed by atoms with Crippen molar-refractivity contribution in [1.82, 2.24) is 15.5 Å². The summed E-state index contributed by atoms with van der Waals surface area (Å²) < 4.78 is 5.36. The normalized spacial score (nSPS) is 19.4. The Morgan fingerprint density at radius 2 is 1.72 bits per heavy atom. The lowest BCUT2D eigenvalue weighted by Gasteiger charge is -2.38. The van der Waals surface area contributed by atoms with Crippen molar-refractivity contribution in [3.63, 3.8) is 0 Å². The summed E-state index contributed by atoms with van der Waals surface area (Å²) in [6.07, 6.45) is 0. The van der Waals surface area contributed by atoms with Crippen molar-refractivity contribution in [2.24, 2.45) is 0 Å². The van der Waals surface area contributed by atoms with Gasteiger partial charge in [-0.1, -0.05) is 48.5 Å². The maximum absolute atomic E-state index is 12.9. The van der Waals surface area contributed by atoms with Crippen LogP contribution in [0.5, 0.6) is 0 Å². The van der Waals surface area contributed by atoms with Crippen molar-refractivity contribution >= 4 is 17.7 Å². The zero-order chi connectivity index (χ0) is 22.5. The largest absolute Gasteiger partial charge is 0.463 e. The first kappa shape index (κ1) is 21.9. The number of anilines is 1. The fourth-order valence-corrected chi connectivity index (χ4v) is 4.38. The van der Waals surface area contributed by atoms with Crippen LogP contribution in [0, 0.1) is 6.92 Å². The minimum Gasteiger partial charge on any atom is -0.463 e. The van der Waals surface area contributed by atoms with E-state index in [1.54, 1.807) is 6.92 Å². The molecular weight excluding hydrogens is 404 g/mol. The zero-order valence-electron chi connectivity index (χ0n) is 18.6. The molecular formula is C25H30N4O3. The maximum atomic E-state index is 12.9. The van der Waals surface area contributed by atoms with Gasteiger partial charge in [-0.15, -0.1) is 0 Å². The third kappa shape index (κ3) is 4.78. The molecule has 2 aliphatic heterocycles. The molecule has 1 saturated heterocycles. The summed E-state index contributed by atoms with van der Waals surface area (Å²) in [5.41, 5.74) is 4.47. The molecule has 168 valence electrons. The van der Waals surface area contributed by atoms with Crippen LogP contribution in [0.15, 0.2) is 65.9 Å². The molecule has 2 amide bonds. The molecule has 1 fully saturated rings. The predicted molar refractivity (Wildman–Crippen MR) is 124 cm³/mol. The van der Waals surface area contributed by atoms with Gasteiger partial charge in [-0.25, -0.2) is 9.59 Å². The van der Waals surface area contributed by atoms with Gasteiger partial charge in [0.25, 0.3) is 0 Å². The molecule has 0 saturated carbocycles. The number of benzene rings is 2. The van der Waals surface area contributed by atoms with Gasteiger partial charge < -0.3 is 20.3 Å². The second-order valence-corrected chi connectivity index (χ2v) is 8.10. The highest BCUT2D eigenvalue weighted by molar-refractivity contribution is 5.95. The van der Waals surface area contributed by atoms with E-state index in [2.05, 4.69) is 51.6 Å². The maximum Gasteiger partial charge on any atom is 0.338 e. The summed E-state index contributed by atoms with van der Waals surface area (Å²) in [6.45, 7) is 8.15. The van der Waals surface area contributed by atoms with Gasteiger partial charge in [0, 0.05) is 44.1 Å². The Morgan fingerprint density at radius 1 is 1.03 bits per heavy atom. The first-order chi connectivity index (χ1) is 15.6. The summed E-state index contributed by atoms with van der Waals surface area (Å²) in [4.78, 5) is 30.0. The monoisotopic (exact) mass is 434 g/mol. The fourth-order valence-electron chi connectivity index (χ4n) is 4.38. The highest BCUT2D eigenvalue weighted by Crippen LogP contribution is 2.28. The van der Waals surface area contributed by atoms with E-state index in [-0.39, 0.29) is 12.6 Å². The molecule has 2 heterocycles. The van der Waals surface area contributed by atoms with Crippen molar-refractivity contribution in [2.75, 3.05) is 44.2 Å². The number of aryl methyl sites for hydroxylation is 1. The van der Waals surface area contributed by atoms with Crippen LogP contribution in [0.25, 0.3) is 0 Å². The van der Waals surface area contributed by atoms with Crippen LogP contribution in [0.2, 0.25) is 0 Å². The van der Waals surface area contributed by atoms with E-state index in [0.29, 0.717) is 17.8 Å². The standard InChI is InChI=1S/C25H30N4O3/c1-3-32-24(30)22-20(26-25(31)27-23(22)19-10-5-4-6-11-19)17-28-13-15-29(16-14-28)21-12-8-7-9-18(21)2/h4-12,23H,3,13-17H2,1-2H3,(H2,26,27,31)/t23-/m0/s1. The minimum absolute atomic E-state index is 0.278. The lowest BCUT2D eigenvalue weighted by Crippen LogP contribution is -2.52. The van der Waals surface area contributed by atoms with Crippen LogP contribution in [0.3, 0.4) is 0 Å². The Bertz CT molecular complexity index is 997. The number of nitrogens with zero attached hydrogens (tertiary/aromatic N) is 2. The van der Waals surface area contributed by atoms with Crippen LogP contribution < -0.4 is 15.5 Å². The van der Waals surface area contributed by atoms with E-state index in [1.165, 1.54) is 11.3 Å². The van der Waals surface area contributed by atoms with Crippen LogP contribution >= 0.6 is 0 Å². The highest BCUT2D eigenvalue weighted by atomic mass is 16.5. The molecule has 0 aliphatic carbocycles. The molecule has 0 unspecified atom stereocenters. The Morgan fingerprint density at radius 3 is 2.41 bits per heavy atom. The number of para-hydroxylation sites is 1. The summed E-state index contributed by atoms with van der Waals surface area (Å²) in [6, 6.07) is 17.1. The van der Waals surface area contributed by atoms with Crippen LogP contribution in [0.1, 0.15) is 24.1 Å². The number of piperazine rings is 1. The number of ether oxygens (including phenoxy) is 1. The first-order valence-corrected chi connectivity index (χ1v) is 11.1. The Labute approximate surface area is 189 Å². The second kappa shape index (κ2) is 9.87. The average molecular weight is 435 g/mol. The number of urea groups is 1. The fraction of sp³-hybridized carbons (Fsp3) is 0.360. The third-order valence-electron chi connectivity index (χ3n) is 5.99. The van der Waals surface area contributed by atoms with Crippen molar-refractivity contribution in [1.29, 1.82) is 0 Å². The molecule has 0 bridgehead atoms. The van der Waals surface area contributed by atoms with E-state index in [4.69, 9.17) is 4.74 Å². The Kier molecular flexibility index (Phi) is 6.75. The van der Waals surface area contributed by atoms with Crippen molar-refractivity contribution < 1.29 is 14.3 Å². The van der Waals surface area contributed by atoms with E-state index in [1.807, 2.05) is 30.3 Å². The molecule has 0 radical (unpaired) electrons. The molecule has 1 atom stereocenters. The number of hydrogen-bond donors (Lipinski definition) is 2. The number of nitrogens with one attached hydrogen (secondary N) is 2. The number of rotatable bonds is 6. The van der Waals surface area contributed by atoms with Gasteiger partial charge >= 0.3 is 12.0 Å². The first-order valence-electron chi connectivity index (χ1n) is 11.1. The molecule has 7 nitrogen and oxygen atoms in total. The number of carbonyl (C=O) groups is 2. The van der Waals surface area contributed by atoms with Crippen LogP contribution in [0.4, 0.5) is 10.5 Å². The highest BCUT2D eigenvalue weighted by Gasteiger charge is 2.34. The number of carbonyl (C=O) groups excluding carboxylic acids is 2. The minimum atomic E-state index is -0.535. The lowest BCUT2D eigenvalue weighted by atomic mass is 9.95. The van der Waals surface area contributed by atoms with Gasteiger partial charge in [0.1, 0.15) is 0 Å². The third-order valence-corrected chi connectivity index (χ3v) is 5.99. The lowest BCUT2D eigenvalue weighted by molar-refractivity contribution is -0.139. The molecule has 2 aliphatic rings. The zero-order valence-corrected chi connectivity index (χ0v) is 18.6. The summed E-state index contributed by atoms with van der Waals surface area (Å²) in [5.74, 6) is -0.401. The molecule has 0 aromatic heterocycles. The molecule has 0 spiro atoms. The van der Waals surface area contributed by atoms with E-state index >= 15 is 0 Å². The topological polar surface area (TPSA) is 73.9 Å². The summed E-state index contributed by atoms with van der Waals surface area (Å²) in [5, 5.41) is 5.77. The number of esters is 1. The van der Waals surface area contributed by atoms with Gasteiger partial charge in [-0.2, -0.15) is 0 Å². The molecule has 7 heteroatoms. The van der Waals surface area contributed by atoms with Gasteiger partial charge in [-0.05, 0) is 31.0 Å². The van der Waals surface area contributed by atoms with Gasteiger partial charge in [-0.3, -0.25) is 4.90 Å². The Balaban J connectivity index is 1.55. The SMILES string of the molecule is CCOC(=O)C1=C(CN2CCN(c3ccccc3C)CC2)NC(=O)N[C@H]1c1ccccc1. The summed E-state index contributed by atoms with van der Waals surface area (Å²) in [7, 11) is 0. The number of hydrogen-bond acceptors (Lipinski definition) is 5. The Hall–Kier alpha value is -3.32. The van der Waals surface area contributed by atoms with Gasteiger partial charge in [0.2, 0.25) is 0 Å². The van der Waals surface area contributed by atoms with Crippen LogP contribution in [-0.2, 0) is 9.53 Å². The van der Waals surface area contributed by atoms with Crippen LogP contribution in [-0.4, -0.2) is 56.2 Å².